The lowest BCUT2D eigenvalue weighted by Gasteiger charge is -2.51. The minimum absolute atomic E-state index is 0.0617. The van der Waals surface area contributed by atoms with Gasteiger partial charge in [0.05, 0.1) is 18.6 Å². The maximum atomic E-state index is 13.2. The Morgan fingerprint density at radius 2 is 1.81 bits per heavy atom. The third-order valence-electron chi connectivity index (χ3n) is 4.98. The van der Waals surface area contributed by atoms with Gasteiger partial charge in [0, 0.05) is 37.8 Å². The zero-order chi connectivity index (χ0) is 18.6. The van der Waals surface area contributed by atoms with Crippen LogP contribution in [-0.4, -0.2) is 74.2 Å². The summed E-state index contributed by atoms with van der Waals surface area (Å²) in [6, 6.07) is 7.56. The molecule has 2 aliphatic heterocycles. The Bertz CT molecular complexity index is 637. The second kappa shape index (κ2) is 8.37. The van der Waals surface area contributed by atoms with Crippen molar-refractivity contribution < 1.29 is 19.1 Å². The Hall–Kier alpha value is -1.63. The van der Waals surface area contributed by atoms with Crippen molar-refractivity contribution in [3.63, 3.8) is 0 Å². The SMILES string of the molecule is CCOCC(=O)N1CC(Cc2ccc(Cl)cc2)(C(=O)N2CCOCC2)C1. The lowest BCUT2D eigenvalue weighted by atomic mass is 9.73. The van der Waals surface area contributed by atoms with Crippen LogP contribution in [-0.2, 0) is 25.5 Å². The van der Waals surface area contributed by atoms with Gasteiger partial charge in [-0.3, -0.25) is 9.59 Å². The van der Waals surface area contributed by atoms with Crippen LogP contribution in [0.2, 0.25) is 5.02 Å². The normalized spacial score (nSPS) is 19.2. The summed E-state index contributed by atoms with van der Waals surface area (Å²) >= 11 is 5.97. The highest BCUT2D eigenvalue weighted by Crippen LogP contribution is 2.37. The van der Waals surface area contributed by atoms with Gasteiger partial charge in [0.15, 0.2) is 0 Å². The molecule has 0 unspecified atom stereocenters. The van der Waals surface area contributed by atoms with E-state index in [0.29, 0.717) is 57.4 Å². The fraction of sp³-hybridized carbons (Fsp3) is 0.579. The molecular formula is C19H25ClN2O4. The lowest BCUT2D eigenvalue weighted by Crippen LogP contribution is -2.67. The number of hydrogen-bond acceptors (Lipinski definition) is 4. The third-order valence-corrected chi connectivity index (χ3v) is 5.23. The first-order valence-electron chi connectivity index (χ1n) is 9.01. The summed E-state index contributed by atoms with van der Waals surface area (Å²) in [6.45, 7) is 5.63. The van der Waals surface area contributed by atoms with Gasteiger partial charge in [0.2, 0.25) is 11.8 Å². The predicted octanol–water partition coefficient (Wildman–Crippen LogP) is 1.61. The van der Waals surface area contributed by atoms with Gasteiger partial charge >= 0.3 is 0 Å². The van der Waals surface area contributed by atoms with E-state index in [-0.39, 0.29) is 18.4 Å². The molecule has 0 atom stereocenters. The number of nitrogens with zero attached hydrogens (tertiary/aromatic N) is 2. The molecule has 3 rings (SSSR count). The smallest absolute Gasteiger partial charge is 0.248 e. The maximum absolute atomic E-state index is 13.2. The highest BCUT2D eigenvalue weighted by molar-refractivity contribution is 6.30. The molecule has 142 valence electrons. The number of benzene rings is 1. The van der Waals surface area contributed by atoms with E-state index < -0.39 is 5.41 Å². The number of carbonyl (C=O) groups excluding carboxylic acids is 2. The fourth-order valence-corrected chi connectivity index (χ4v) is 3.68. The highest BCUT2D eigenvalue weighted by Gasteiger charge is 2.52. The average molecular weight is 381 g/mol. The number of rotatable bonds is 6. The van der Waals surface area contributed by atoms with E-state index in [1.54, 1.807) is 4.90 Å². The predicted molar refractivity (Wildman–Crippen MR) is 98.1 cm³/mol. The van der Waals surface area contributed by atoms with Crippen molar-refractivity contribution in [2.45, 2.75) is 13.3 Å². The molecule has 0 aromatic heterocycles. The molecule has 0 bridgehead atoms. The van der Waals surface area contributed by atoms with E-state index in [9.17, 15) is 9.59 Å². The largest absolute Gasteiger partial charge is 0.378 e. The van der Waals surface area contributed by atoms with Crippen molar-refractivity contribution in [1.82, 2.24) is 9.80 Å². The summed E-state index contributed by atoms with van der Waals surface area (Å²) in [5.41, 5.74) is 0.473. The fourth-order valence-electron chi connectivity index (χ4n) is 3.56. The standard InChI is InChI=1S/C19H25ClN2O4/c1-2-25-12-17(23)22-13-19(14-22,11-15-3-5-16(20)6-4-15)18(24)21-7-9-26-10-8-21/h3-6H,2,7-14H2,1H3. The van der Waals surface area contributed by atoms with Crippen LogP contribution in [0.1, 0.15) is 12.5 Å². The first-order valence-corrected chi connectivity index (χ1v) is 9.39. The molecular weight excluding hydrogens is 356 g/mol. The van der Waals surface area contributed by atoms with Crippen LogP contribution < -0.4 is 0 Å². The molecule has 1 aromatic carbocycles. The van der Waals surface area contributed by atoms with Gasteiger partial charge in [0.25, 0.3) is 0 Å². The minimum atomic E-state index is -0.576. The van der Waals surface area contributed by atoms with Crippen molar-refractivity contribution in [1.29, 1.82) is 0 Å². The van der Waals surface area contributed by atoms with Crippen LogP contribution >= 0.6 is 11.6 Å². The molecule has 0 saturated carbocycles. The molecule has 0 radical (unpaired) electrons. The lowest BCUT2D eigenvalue weighted by molar-refractivity contribution is -0.165. The summed E-state index contributed by atoms with van der Waals surface area (Å²) < 4.78 is 10.6. The monoisotopic (exact) mass is 380 g/mol. The van der Waals surface area contributed by atoms with Crippen LogP contribution in [0.4, 0.5) is 0 Å². The topological polar surface area (TPSA) is 59.1 Å². The summed E-state index contributed by atoms with van der Waals surface area (Å²) in [7, 11) is 0. The number of carbonyl (C=O) groups is 2. The van der Waals surface area contributed by atoms with Gasteiger partial charge in [-0.05, 0) is 31.0 Å². The Kier molecular flexibility index (Phi) is 6.16. The van der Waals surface area contributed by atoms with E-state index in [2.05, 4.69) is 0 Å². The zero-order valence-corrected chi connectivity index (χ0v) is 15.8. The Balaban J connectivity index is 1.73. The number of morpholine rings is 1. The molecule has 0 spiro atoms. The molecule has 2 saturated heterocycles. The van der Waals surface area contributed by atoms with Crippen molar-refractivity contribution in [2.75, 3.05) is 52.6 Å². The van der Waals surface area contributed by atoms with Crippen LogP contribution in [0.15, 0.2) is 24.3 Å². The summed E-state index contributed by atoms with van der Waals surface area (Å²) in [6.07, 6.45) is 0.596. The Labute approximate surface area is 159 Å². The average Bonchev–Trinajstić information content (AvgIpc) is 2.64. The second-order valence-corrected chi connectivity index (χ2v) is 7.31. The maximum Gasteiger partial charge on any atom is 0.248 e. The van der Waals surface area contributed by atoms with E-state index >= 15 is 0 Å². The Morgan fingerprint density at radius 3 is 2.42 bits per heavy atom. The number of halogens is 1. The van der Waals surface area contributed by atoms with Gasteiger partial charge in [-0.15, -0.1) is 0 Å². The van der Waals surface area contributed by atoms with Crippen LogP contribution in [0.25, 0.3) is 0 Å². The molecule has 6 nitrogen and oxygen atoms in total. The van der Waals surface area contributed by atoms with Crippen molar-refractivity contribution in [3.05, 3.63) is 34.9 Å². The molecule has 2 amide bonds. The minimum Gasteiger partial charge on any atom is -0.378 e. The van der Waals surface area contributed by atoms with Gasteiger partial charge in [-0.1, -0.05) is 23.7 Å². The van der Waals surface area contributed by atoms with E-state index in [1.165, 1.54) is 0 Å². The highest BCUT2D eigenvalue weighted by atomic mass is 35.5. The molecule has 1 aromatic rings. The van der Waals surface area contributed by atoms with Crippen LogP contribution in [0.3, 0.4) is 0 Å². The van der Waals surface area contributed by atoms with Gasteiger partial charge in [-0.25, -0.2) is 0 Å². The molecule has 2 aliphatic rings. The Morgan fingerprint density at radius 1 is 1.15 bits per heavy atom. The van der Waals surface area contributed by atoms with Crippen LogP contribution in [0.5, 0.6) is 0 Å². The number of ether oxygens (including phenoxy) is 2. The summed E-state index contributed by atoms with van der Waals surface area (Å²) in [4.78, 5) is 29.0. The van der Waals surface area contributed by atoms with E-state index in [4.69, 9.17) is 21.1 Å². The van der Waals surface area contributed by atoms with E-state index in [1.807, 2.05) is 36.1 Å². The first-order chi connectivity index (χ1) is 12.5. The summed E-state index contributed by atoms with van der Waals surface area (Å²) in [5, 5.41) is 0.671. The molecule has 0 N–H and O–H groups in total. The zero-order valence-electron chi connectivity index (χ0n) is 15.1. The number of likely N-dealkylation sites (tertiary alicyclic amines) is 1. The van der Waals surface area contributed by atoms with E-state index in [0.717, 1.165) is 5.56 Å². The summed E-state index contributed by atoms with van der Waals surface area (Å²) in [5.74, 6) is 0.0459. The quantitative estimate of drug-likeness (QED) is 0.752. The second-order valence-electron chi connectivity index (χ2n) is 6.88. The van der Waals surface area contributed by atoms with Crippen molar-refractivity contribution in [2.24, 2.45) is 5.41 Å². The number of amides is 2. The van der Waals surface area contributed by atoms with Gasteiger partial charge < -0.3 is 19.3 Å². The van der Waals surface area contributed by atoms with Crippen molar-refractivity contribution >= 4 is 23.4 Å². The molecule has 2 fully saturated rings. The third kappa shape index (κ3) is 4.19. The molecule has 7 heteroatoms. The molecule has 0 aliphatic carbocycles. The van der Waals surface area contributed by atoms with Crippen LogP contribution in [0, 0.1) is 5.41 Å². The van der Waals surface area contributed by atoms with Gasteiger partial charge in [0.1, 0.15) is 6.61 Å². The molecule has 26 heavy (non-hydrogen) atoms. The van der Waals surface area contributed by atoms with Gasteiger partial charge in [-0.2, -0.15) is 0 Å². The number of hydrogen-bond donors (Lipinski definition) is 0. The van der Waals surface area contributed by atoms with Crippen molar-refractivity contribution in [3.8, 4) is 0 Å². The molecule has 2 heterocycles. The first kappa shape index (κ1) is 19.1.